The lowest BCUT2D eigenvalue weighted by Gasteiger charge is -2.18. The van der Waals surface area contributed by atoms with Crippen molar-refractivity contribution in [3.05, 3.63) is 182 Å². The van der Waals surface area contributed by atoms with Crippen LogP contribution in [0.4, 0.5) is 0 Å². The molecule has 54 heavy (non-hydrogen) atoms. The minimum atomic E-state index is 0.919. The summed E-state index contributed by atoms with van der Waals surface area (Å²) in [6.45, 7) is 0. The molecule has 12 rings (SSSR count). The molecule has 0 unspecified atom stereocenters. The Kier molecular flexibility index (Phi) is 6.28. The average Bonchev–Trinajstić information content (AvgIpc) is 3.81. The monoisotopic (exact) mass is 702 g/mol. The molecular weight excluding hydrogens is 673 g/mol. The van der Waals surface area contributed by atoms with Gasteiger partial charge in [0.15, 0.2) is 5.58 Å². The molecule has 0 N–H and O–H groups in total. The molecule has 0 bridgehead atoms. The topological polar surface area (TPSA) is 13.1 Å². The number of hydrogen-bond donors (Lipinski definition) is 0. The fourth-order valence-corrected chi connectivity index (χ4v) is 10.1. The molecular formula is C52H30OS. The molecule has 1 nitrogen and oxygen atoms in total. The van der Waals surface area contributed by atoms with Crippen molar-refractivity contribution in [2.75, 3.05) is 0 Å². The maximum atomic E-state index is 6.74. The second kappa shape index (κ2) is 11.4. The van der Waals surface area contributed by atoms with Gasteiger partial charge in [-0.2, -0.15) is 0 Å². The molecule has 2 heterocycles. The van der Waals surface area contributed by atoms with Crippen molar-refractivity contribution in [3.63, 3.8) is 0 Å². The van der Waals surface area contributed by atoms with E-state index in [4.69, 9.17) is 4.42 Å². The number of rotatable bonds is 3. The van der Waals surface area contributed by atoms with Gasteiger partial charge in [0.05, 0.1) is 4.70 Å². The third-order valence-electron chi connectivity index (χ3n) is 11.4. The van der Waals surface area contributed by atoms with Crippen LogP contribution in [0.3, 0.4) is 0 Å². The van der Waals surface area contributed by atoms with Crippen LogP contribution in [-0.4, -0.2) is 0 Å². The Morgan fingerprint density at radius 1 is 0.333 bits per heavy atom. The van der Waals surface area contributed by atoms with Crippen LogP contribution in [0.1, 0.15) is 0 Å². The summed E-state index contributed by atoms with van der Waals surface area (Å²) in [7, 11) is 0. The zero-order valence-corrected chi connectivity index (χ0v) is 30.0. The second-order valence-electron chi connectivity index (χ2n) is 14.4. The van der Waals surface area contributed by atoms with E-state index in [0.717, 1.165) is 22.1 Å². The first kappa shape index (κ1) is 29.8. The highest BCUT2D eigenvalue weighted by molar-refractivity contribution is 7.26. The first-order valence-electron chi connectivity index (χ1n) is 18.5. The van der Waals surface area contributed by atoms with Gasteiger partial charge in [-0.25, -0.2) is 0 Å². The first-order chi connectivity index (χ1) is 26.8. The summed E-state index contributed by atoms with van der Waals surface area (Å²) < 4.78 is 9.25. The van der Waals surface area contributed by atoms with Gasteiger partial charge < -0.3 is 4.42 Å². The van der Waals surface area contributed by atoms with Gasteiger partial charge in [0.2, 0.25) is 0 Å². The van der Waals surface area contributed by atoms with Gasteiger partial charge in [-0.15, -0.1) is 11.3 Å². The number of benzene rings is 10. The molecule has 0 aliphatic heterocycles. The summed E-state index contributed by atoms with van der Waals surface area (Å²) in [6.07, 6.45) is 0. The highest BCUT2D eigenvalue weighted by Crippen LogP contribution is 2.46. The van der Waals surface area contributed by atoms with Crippen molar-refractivity contribution in [1.82, 2.24) is 0 Å². The lowest BCUT2D eigenvalue weighted by molar-refractivity contribution is 0.673. The minimum absolute atomic E-state index is 0.919. The van der Waals surface area contributed by atoms with Crippen LogP contribution in [0.15, 0.2) is 186 Å². The van der Waals surface area contributed by atoms with E-state index >= 15 is 0 Å². The van der Waals surface area contributed by atoms with Crippen molar-refractivity contribution in [1.29, 1.82) is 0 Å². The van der Waals surface area contributed by atoms with E-state index in [2.05, 4.69) is 182 Å². The maximum absolute atomic E-state index is 6.74. The van der Waals surface area contributed by atoms with E-state index in [9.17, 15) is 0 Å². The highest BCUT2D eigenvalue weighted by atomic mass is 32.1. The van der Waals surface area contributed by atoms with Gasteiger partial charge in [0, 0.05) is 26.2 Å². The quantitative estimate of drug-likeness (QED) is 0.167. The van der Waals surface area contributed by atoms with Gasteiger partial charge in [-0.1, -0.05) is 152 Å². The van der Waals surface area contributed by atoms with Crippen LogP contribution in [0.5, 0.6) is 0 Å². The number of hydrogen-bond acceptors (Lipinski definition) is 2. The summed E-state index contributed by atoms with van der Waals surface area (Å²) in [5, 5.41) is 15.0. The molecule has 0 saturated carbocycles. The summed E-state index contributed by atoms with van der Waals surface area (Å²) in [4.78, 5) is 0. The Balaban J connectivity index is 0.982. The van der Waals surface area contributed by atoms with E-state index in [1.807, 2.05) is 11.3 Å². The molecule has 2 aromatic heterocycles. The molecule has 0 atom stereocenters. The lowest BCUT2D eigenvalue weighted by Crippen LogP contribution is -1.91. The Morgan fingerprint density at radius 2 is 0.870 bits per heavy atom. The zero-order valence-electron chi connectivity index (χ0n) is 29.1. The highest BCUT2D eigenvalue weighted by Gasteiger charge is 2.19. The Hall–Kier alpha value is -6.74. The van der Waals surface area contributed by atoms with Crippen LogP contribution >= 0.6 is 11.3 Å². The maximum Gasteiger partial charge on any atom is 0.153 e. The number of fused-ring (bicyclic) bond motifs is 12. The van der Waals surface area contributed by atoms with E-state index < -0.39 is 0 Å². The summed E-state index contributed by atoms with van der Waals surface area (Å²) in [5.74, 6) is 0. The predicted octanol–water partition coefficient (Wildman–Crippen LogP) is 15.6. The van der Waals surface area contributed by atoms with Crippen molar-refractivity contribution >= 4 is 96.5 Å². The Morgan fingerprint density at radius 3 is 1.61 bits per heavy atom. The molecule has 0 aliphatic carbocycles. The van der Waals surface area contributed by atoms with Crippen molar-refractivity contribution in [2.45, 2.75) is 0 Å². The van der Waals surface area contributed by atoms with Gasteiger partial charge in [0.1, 0.15) is 5.58 Å². The van der Waals surface area contributed by atoms with Crippen LogP contribution < -0.4 is 0 Å². The Bertz CT molecular complexity index is 3430. The molecule has 0 fully saturated rings. The fourth-order valence-electron chi connectivity index (χ4n) is 8.94. The van der Waals surface area contributed by atoms with Gasteiger partial charge >= 0.3 is 0 Å². The van der Waals surface area contributed by atoms with Crippen molar-refractivity contribution in [3.8, 4) is 33.4 Å². The SMILES string of the molecule is c1ccc2cc(-c3c4ccccc4c(-c4ccc(-c5ccc6c(c5)oc5c6ccc6c5sc5ccc7ccccc7c56)cc4)c4ccccc34)ccc2c1. The second-order valence-corrected chi connectivity index (χ2v) is 15.4. The summed E-state index contributed by atoms with van der Waals surface area (Å²) >= 11 is 1.83. The van der Waals surface area contributed by atoms with Crippen molar-refractivity contribution < 1.29 is 4.42 Å². The lowest BCUT2D eigenvalue weighted by atomic mass is 9.85. The number of thiophene rings is 1. The first-order valence-corrected chi connectivity index (χ1v) is 19.3. The van der Waals surface area contributed by atoms with Crippen LogP contribution in [-0.2, 0) is 0 Å². The molecule has 0 amide bonds. The zero-order chi connectivity index (χ0) is 35.3. The van der Waals surface area contributed by atoms with E-state index in [1.165, 1.54) is 96.5 Å². The Labute approximate surface area is 314 Å². The molecule has 12 aromatic rings. The van der Waals surface area contributed by atoms with E-state index in [1.54, 1.807) is 0 Å². The fraction of sp³-hybridized carbons (Fsp3) is 0. The van der Waals surface area contributed by atoms with Gasteiger partial charge in [0.25, 0.3) is 0 Å². The molecule has 0 aliphatic rings. The minimum Gasteiger partial charge on any atom is -0.455 e. The summed E-state index contributed by atoms with van der Waals surface area (Å²) in [5.41, 5.74) is 9.21. The molecule has 0 spiro atoms. The van der Waals surface area contributed by atoms with Crippen molar-refractivity contribution in [2.24, 2.45) is 0 Å². The third kappa shape index (κ3) is 4.32. The van der Waals surface area contributed by atoms with E-state index in [0.29, 0.717) is 0 Å². The largest absolute Gasteiger partial charge is 0.455 e. The third-order valence-corrected chi connectivity index (χ3v) is 12.6. The van der Waals surface area contributed by atoms with Crippen LogP contribution in [0.25, 0.3) is 119 Å². The smallest absolute Gasteiger partial charge is 0.153 e. The molecule has 0 radical (unpaired) electrons. The predicted molar refractivity (Wildman–Crippen MR) is 233 cm³/mol. The normalized spacial score (nSPS) is 12.1. The molecule has 10 aromatic carbocycles. The summed E-state index contributed by atoms with van der Waals surface area (Å²) in [6, 6.07) is 66.7. The number of furan rings is 1. The van der Waals surface area contributed by atoms with Crippen LogP contribution in [0, 0.1) is 0 Å². The average molecular weight is 703 g/mol. The van der Waals surface area contributed by atoms with Gasteiger partial charge in [-0.05, 0) is 107 Å². The molecule has 250 valence electrons. The molecule has 2 heteroatoms. The van der Waals surface area contributed by atoms with Crippen LogP contribution in [0.2, 0.25) is 0 Å². The molecule has 0 saturated heterocycles. The standard InChI is InChI=1S/C52H30OS/c1-2-11-35-29-37(22-19-31(35)9-1)49-42-15-7-5-13-40(42)48(41-14-6-8-16-43(41)49)34-20-17-32(18-21-34)36-23-25-39-44-26-27-45-50-38-12-4-3-10-33(38)24-28-47(50)54-52(45)51(44)53-46(39)30-36/h1-30H. The van der Waals surface area contributed by atoms with E-state index in [-0.39, 0.29) is 0 Å². The van der Waals surface area contributed by atoms with Gasteiger partial charge in [-0.3, -0.25) is 0 Å².